The van der Waals surface area contributed by atoms with Crippen LogP contribution < -0.4 is 0 Å². The lowest BCUT2D eigenvalue weighted by molar-refractivity contribution is 0.269. The monoisotopic (exact) mass is 266 g/mol. The topological polar surface area (TPSA) is 33.1 Å². The Labute approximate surface area is 120 Å². The molecule has 2 nitrogen and oxygen atoms in total. The number of nitrogens with zero attached hydrogens (tertiary/aromatic N) is 1. The van der Waals surface area contributed by atoms with Crippen molar-refractivity contribution in [1.29, 1.82) is 0 Å². The average molecular weight is 266 g/mol. The third-order valence-corrected chi connectivity index (χ3v) is 3.20. The molecule has 0 saturated carbocycles. The Hall–Kier alpha value is -1.93. The van der Waals surface area contributed by atoms with Crippen LogP contribution in [-0.4, -0.2) is 16.7 Å². The summed E-state index contributed by atoms with van der Waals surface area (Å²) in [6, 6.07) is 14.2. The highest BCUT2D eigenvalue weighted by molar-refractivity contribution is 5.49. The van der Waals surface area contributed by atoms with Crippen molar-refractivity contribution in [3.05, 3.63) is 78.5 Å². The number of hydrogen-bond donors (Lipinski definition) is 1. The molecule has 0 fully saturated rings. The van der Waals surface area contributed by atoms with E-state index in [0.717, 1.165) is 18.4 Å². The minimum Gasteiger partial charge on any atom is -0.396 e. The van der Waals surface area contributed by atoms with E-state index in [1.807, 2.05) is 36.5 Å². The number of pyridine rings is 1. The van der Waals surface area contributed by atoms with E-state index < -0.39 is 0 Å². The molecule has 103 valence electrons. The number of rotatable bonds is 7. The third kappa shape index (κ3) is 4.98. The number of hydrogen-bond acceptors (Lipinski definition) is 2. The van der Waals surface area contributed by atoms with Gasteiger partial charge in [0.1, 0.15) is 0 Å². The summed E-state index contributed by atoms with van der Waals surface area (Å²) >= 11 is 0. The lowest BCUT2D eigenvalue weighted by Gasteiger charge is -2.10. The van der Waals surface area contributed by atoms with E-state index in [-0.39, 0.29) is 6.61 Å². The highest BCUT2D eigenvalue weighted by Crippen LogP contribution is 2.17. The standard InChI is InChI=1S/C18H20NO/c20-14-12-17(9-8-16-5-2-1-3-6-16)10-11-18-7-4-13-19-15-18/h1-9,11,13,15,17,20H,10,12,14H2. The Morgan fingerprint density at radius 2 is 1.85 bits per heavy atom. The van der Waals surface area contributed by atoms with E-state index in [9.17, 15) is 5.11 Å². The number of aliphatic hydroxyl groups is 1. The van der Waals surface area contributed by atoms with Gasteiger partial charge < -0.3 is 5.11 Å². The molecule has 1 aromatic heterocycles. The van der Waals surface area contributed by atoms with Crippen LogP contribution in [0.25, 0.3) is 6.08 Å². The van der Waals surface area contributed by atoms with Crippen molar-refractivity contribution < 1.29 is 5.11 Å². The first-order valence-corrected chi connectivity index (χ1v) is 6.96. The van der Waals surface area contributed by atoms with Gasteiger partial charge in [-0.05, 0) is 42.4 Å². The van der Waals surface area contributed by atoms with Gasteiger partial charge in [0.15, 0.2) is 0 Å². The van der Waals surface area contributed by atoms with Gasteiger partial charge in [0.2, 0.25) is 0 Å². The van der Waals surface area contributed by atoms with Gasteiger partial charge in [-0.2, -0.15) is 0 Å². The second-order valence-electron chi connectivity index (χ2n) is 4.77. The highest BCUT2D eigenvalue weighted by Gasteiger charge is 2.05. The molecule has 2 rings (SSSR count). The minimum atomic E-state index is 0.213. The quantitative estimate of drug-likeness (QED) is 0.828. The fourth-order valence-electron chi connectivity index (χ4n) is 2.05. The zero-order chi connectivity index (χ0) is 14.0. The first-order chi connectivity index (χ1) is 9.88. The van der Waals surface area contributed by atoms with Crippen molar-refractivity contribution in [2.45, 2.75) is 12.8 Å². The molecule has 0 aliphatic rings. The fraction of sp³-hybridized carbons (Fsp3) is 0.222. The molecule has 1 radical (unpaired) electrons. The first-order valence-electron chi connectivity index (χ1n) is 6.96. The molecule has 2 aromatic rings. The van der Waals surface area contributed by atoms with Gasteiger partial charge in [0.05, 0.1) is 0 Å². The molecule has 0 spiro atoms. The molecule has 0 amide bonds. The molecule has 1 aromatic carbocycles. The molecule has 20 heavy (non-hydrogen) atoms. The Kier molecular flexibility index (Phi) is 6.00. The zero-order valence-electron chi connectivity index (χ0n) is 11.5. The number of aromatic nitrogens is 1. The molecule has 1 atom stereocenters. The molecule has 1 unspecified atom stereocenters. The van der Waals surface area contributed by atoms with Gasteiger partial charge in [0.25, 0.3) is 0 Å². The summed E-state index contributed by atoms with van der Waals surface area (Å²) in [4.78, 5) is 4.10. The van der Waals surface area contributed by atoms with Gasteiger partial charge in [-0.3, -0.25) is 4.98 Å². The molecule has 1 heterocycles. The van der Waals surface area contributed by atoms with Crippen LogP contribution in [0.3, 0.4) is 0 Å². The van der Waals surface area contributed by atoms with Crippen LogP contribution in [0.15, 0.2) is 60.9 Å². The maximum atomic E-state index is 9.17. The summed E-state index contributed by atoms with van der Waals surface area (Å²) in [5, 5.41) is 9.17. The Balaban J connectivity index is 1.92. The number of allylic oxidation sites excluding steroid dienone is 1. The molecule has 0 bridgehead atoms. The van der Waals surface area contributed by atoms with Crippen LogP contribution in [-0.2, 0) is 0 Å². The molecule has 0 saturated heterocycles. The average Bonchev–Trinajstić information content (AvgIpc) is 2.52. The van der Waals surface area contributed by atoms with E-state index in [4.69, 9.17) is 0 Å². The fourth-order valence-corrected chi connectivity index (χ4v) is 2.05. The SMILES string of the molecule is OCCC(C=Cc1ccccc1)C[CH]c1cccnc1. The van der Waals surface area contributed by atoms with Crippen molar-refractivity contribution in [2.75, 3.05) is 6.61 Å². The van der Waals surface area contributed by atoms with Crippen LogP contribution in [0.5, 0.6) is 0 Å². The third-order valence-electron chi connectivity index (χ3n) is 3.20. The van der Waals surface area contributed by atoms with Crippen molar-refractivity contribution in [3.63, 3.8) is 0 Å². The summed E-state index contributed by atoms with van der Waals surface area (Å²) < 4.78 is 0. The van der Waals surface area contributed by atoms with Crippen LogP contribution in [0.4, 0.5) is 0 Å². The van der Waals surface area contributed by atoms with Gasteiger partial charge in [-0.25, -0.2) is 0 Å². The second kappa shape index (κ2) is 8.28. The van der Waals surface area contributed by atoms with Gasteiger partial charge >= 0.3 is 0 Å². The van der Waals surface area contributed by atoms with Crippen molar-refractivity contribution >= 4 is 6.08 Å². The summed E-state index contributed by atoms with van der Waals surface area (Å²) in [6.07, 6.45) is 11.8. The molecule has 0 aliphatic heterocycles. The molecule has 1 N–H and O–H groups in total. The Bertz CT molecular complexity index is 507. The maximum Gasteiger partial charge on any atom is 0.0436 e. The predicted molar refractivity (Wildman–Crippen MR) is 82.9 cm³/mol. The summed E-state index contributed by atoms with van der Waals surface area (Å²) in [6.45, 7) is 0.213. The maximum absolute atomic E-state index is 9.17. The van der Waals surface area contributed by atoms with E-state index in [0.29, 0.717) is 5.92 Å². The van der Waals surface area contributed by atoms with Crippen molar-refractivity contribution in [1.82, 2.24) is 4.98 Å². The Morgan fingerprint density at radius 3 is 2.55 bits per heavy atom. The van der Waals surface area contributed by atoms with E-state index >= 15 is 0 Å². The molecule has 0 aliphatic carbocycles. The Morgan fingerprint density at radius 1 is 1.05 bits per heavy atom. The van der Waals surface area contributed by atoms with Gasteiger partial charge in [-0.1, -0.05) is 48.6 Å². The largest absolute Gasteiger partial charge is 0.396 e. The second-order valence-corrected chi connectivity index (χ2v) is 4.77. The van der Waals surface area contributed by atoms with Crippen LogP contribution >= 0.6 is 0 Å². The lowest BCUT2D eigenvalue weighted by Crippen LogP contribution is -2.01. The number of benzene rings is 1. The van der Waals surface area contributed by atoms with Crippen molar-refractivity contribution in [2.24, 2.45) is 5.92 Å². The van der Waals surface area contributed by atoms with Crippen LogP contribution in [0.1, 0.15) is 24.0 Å². The van der Waals surface area contributed by atoms with E-state index in [2.05, 4.69) is 35.7 Å². The summed E-state index contributed by atoms with van der Waals surface area (Å²) in [7, 11) is 0. The van der Waals surface area contributed by atoms with E-state index in [1.54, 1.807) is 6.20 Å². The minimum absolute atomic E-state index is 0.213. The normalized spacial score (nSPS) is 12.7. The molecular weight excluding hydrogens is 246 g/mol. The van der Waals surface area contributed by atoms with Gasteiger partial charge in [0, 0.05) is 19.0 Å². The van der Waals surface area contributed by atoms with Crippen molar-refractivity contribution in [3.8, 4) is 0 Å². The van der Waals surface area contributed by atoms with Crippen LogP contribution in [0, 0.1) is 12.3 Å². The highest BCUT2D eigenvalue weighted by atomic mass is 16.3. The van der Waals surface area contributed by atoms with Gasteiger partial charge in [-0.15, -0.1) is 0 Å². The first kappa shape index (κ1) is 14.5. The lowest BCUT2D eigenvalue weighted by atomic mass is 9.96. The van der Waals surface area contributed by atoms with Crippen LogP contribution in [0.2, 0.25) is 0 Å². The number of aliphatic hydroxyl groups excluding tert-OH is 1. The summed E-state index contributed by atoms with van der Waals surface area (Å²) in [5.41, 5.74) is 2.32. The molecular formula is C18H20NO. The molecule has 2 heteroatoms. The predicted octanol–water partition coefficient (Wildman–Crippen LogP) is 3.74. The van der Waals surface area contributed by atoms with E-state index in [1.165, 1.54) is 5.56 Å². The zero-order valence-corrected chi connectivity index (χ0v) is 11.5. The summed E-state index contributed by atoms with van der Waals surface area (Å²) in [5.74, 6) is 0.348. The smallest absolute Gasteiger partial charge is 0.0436 e.